The number of hydrogen-bond acceptors (Lipinski definition) is 7. The smallest absolute Gasteiger partial charge is 0.172 e. The molecule has 0 saturated heterocycles. The number of pyridine rings is 4. The quantitative estimate of drug-likeness (QED) is 0.0834. The molecule has 23 aromatic carbocycles. The van der Waals surface area contributed by atoms with Crippen LogP contribution in [-0.4, -0.2) is 33.1 Å². The van der Waals surface area contributed by atoms with Gasteiger partial charge < -0.3 is 13.7 Å². The van der Waals surface area contributed by atoms with Gasteiger partial charge >= 0.3 is 0 Å². The molecular formula is C136H88N7O3P3. The third kappa shape index (κ3) is 14.6. The van der Waals surface area contributed by atoms with Crippen molar-refractivity contribution in [2.45, 2.75) is 0 Å². The number of imidazole rings is 3. The molecular weight excluding hydrogens is 1870 g/mol. The maximum atomic E-state index is 15.1. The molecule has 7 heterocycles. The molecule has 0 aliphatic heterocycles. The monoisotopic (exact) mass is 1960 g/mol. The first-order valence-corrected chi connectivity index (χ1v) is 55.4. The molecule has 10 nitrogen and oxygen atoms in total. The van der Waals surface area contributed by atoms with Crippen LogP contribution in [0.4, 0.5) is 0 Å². The fourth-order valence-corrected chi connectivity index (χ4v) is 30.8. The lowest BCUT2D eigenvalue weighted by molar-refractivity contribution is 0.591. The van der Waals surface area contributed by atoms with E-state index in [2.05, 4.69) is 329 Å². The van der Waals surface area contributed by atoms with Gasteiger partial charge in [0.2, 0.25) is 0 Å². The number of benzene rings is 23. The lowest BCUT2D eigenvalue weighted by Crippen LogP contribution is -2.25. The fourth-order valence-electron chi connectivity index (χ4n) is 22.9. The summed E-state index contributed by atoms with van der Waals surface area (Å²) in [7, 11) is -9.25. The van der Waals surface area contributed by atoms with Gasteiger partial charge in [0.15, 0.2) is 21.4 Å². The summed E-state index contributed by atoms with van der Waals surface area (Å²) < 4.78 is 52.0. The van der Waals surface area contributed by atoms with Gasteiger partial charge in [-0.05, 0) is 184 Å². The van der Waals surface area contributed by atoms with E-state index in [0.717, 1.165) is 191 Å². The first kappa shape index (κ1) is 88.3. The molecule has 30 rings (SSSR count). The summed E-state index contributed by atoms with van der Waals surface area (Å²) in [5, 5.41) is 28.4. The Kier molecular flexibility index (Phi) is 21.2. The third-order valence-corrected chi connectivity index (χ3v) is 39.2. The Morgan fingerprint density at radius 3 is 1.08 bits per heavy atom. The van der Waals surface area contributed by atoms with E-state index >= 15 is 4.57 Å². The predicted molar refractivity (Wildman–Crippen MR) is 628 cm³/mol. The second-order valence-corrected chi connectivity index (χ2v) is 46.7. The Morgan fingerprint density at radius 1 is 0.161 bits per heavy atom. The molecule has 0 bridgehead atoms. The molecule has 0 saturated carbocycles. The van der Waals surface area contributed by atoms with Crippen LogP contribution in [0.15, 0.2) is 534 Å². The van der Waals surface area contributed by atoms with Gasteiger partial charge in [0, 0.05) is 102 Å². The van der Waals surface area contributed by atoms with Gasteiger partial charge in [-0.25, -0.2) is 15.0 Å². The molecule has 700 valence electrons. The minimum atomic E-state index is -3.11. The molecule has 0 aliphatic carbocycles. The minimum absolute atomic E-state index is 0.730. The number of para-hydroxylation sites is 6. The van der Waals surface area contributed by atoms with E-state index in [1.807, 2.05) is 212 Å². The van der Waals surface area contributed by atoms with Gasteiger partial charge in [-0.1, -0.05) is 437 Å². The Bertz CT molecular complexity index is 10700. The molecule has 30 aromatic rings. The number of fused-ring (bicyclic) bond motifs is 32. The molecule has 7 aromatic heterocycles. The summed E-state index contributed by atoms with van der Waals surface area (Å²) in [4.78, 5) is 20.3. The van der Waals surface area contributed by atoms with E-state index in [4.69, 9.17) is 19.9 Å². The highest BCUT2D eigenvalue weighted by molar-refractivity contribution is 7.86. The van der Waals surface area contributed by atoms with Crippen LogP contribution in [0.5, 0.6) is 0 Å². The summed E-state index contributed by atoms with van der Waals surface area (Å²) in [5.41, 5.74) is 22.3. The molecule has 149 heavy (non-hydrogen) atoms. The molecule has 0 aliphatic rings. The minimum Gasteiger partial charge on any atom is -0.309 e. The summed E-state index contributed by atoms with van der Waals surface area (Å²) in [5.74, 6) is 0. The molecule has 0 fully saturated rings. The van der Waals surface area contributed by atoms with Crippen molar-refractivity contribution in [3.8, 4) is 44.5 Å². The van der Waals surface area contributed by atoms with Crippen molar-refractivity contribution in [3.63, 3.8) is 0 Å². The lowest BCUT2D eigenvalue weighted by Gasteiger charge is -2.20. The molecule has 0 radical (unpaired) electrons. The van der Waals surface area contributed by atoms with E-state index in [-0.39, 0.29) is 0 Å². The Morgan fingerprint density at radius 2 is 0.510 bits per heavy atom. The van der Waals surface area contributed by atoms with Crippen LogP contribution < -0.4 is 47.7 Å². The Labute approximate surface area is 857 Å². The van der Waals surface area contributed by atoms with Crippen molar-refractivity contribution in [2.24, 2.45) is 0 Å². The van der Waals surface area contributed by atoms with Crippen LogP contribution in [0.3, 0.4) is 0 Å². The van der Waals surface area contributed by atoms with E-state index in [0.29, 0.717) is 0 Å². The molecule has 0 amide bonds. The average Bonchev–Trinajstić information content (AvgIpc) is 1.60. The summed E-state index contributed by atoms with van der Waals surface area (Å²) >= 11 is 0. The van der Waals surface area contributed by atoms with Gasteiger partial charge in [0.05, 0.1) is 55.2 Å². The zero-order valence-electron chi connectivity index (χ0n) is 80.5. The first-order valence-electron chi connectivity index (χ1n) is 50.2. The van der Waals surface area contributed by atoms with E-state index in [1.165, 1.54) is 70.2 Å². The largest absolute Gasteiger partial charge is 0.309 e. The topological polar surface area (TPSA) is 116 Å². The average molecular weight is 1960 g/mol. The molecule has 0 spiro atoms. The fraction of sp³-hybridized carbons (Fsp3) is 0. The van der Waals surface area contributed by atoms with Gasteiger partial charge in [-0.2, -0.15) is 0 Å². The van der Waals surface area contributed by atoms with Crippen LogP contribution in [-0.2, 0) is 13.7 Å². The zero-order chi connectivity index (χ0) is 99.0. The highest BCUT2D eigenvalue weighted by atomic mass is 31.2. The van der Waals surface area contributed by atoms with Gasteiger partial charge in [-0.15, -0.1) is 0 Å². The number of rotatable bonds is 13. The highest BCUT2D eigenvalue weighted by Gasteiger charge is 2.34. The SMILES string of the molecule is O=P(c1ccccc1)(c1ccccc1)c1ccc(-c2cccc(-c3ccc4c5c6ccccc6ccc5c5nc6ccccc6n5c4c3)c2)cc1.O=P(c1ccccc1)(c1ccccc1)c1ccc2ccc(-c3ccc4c5ccc6ccccc6c5c5nc6ccccc6n5c4c3)cc2c1.O=P(c1ccccc1)(c1ccccc1)c1cnc2cc(-c3ccc4c(ccc5c6ccccc6c6nc7ccccc7n6c45)c3)ccc2c1. The van der Waals surface area contributed by atoms with Crippen LogP contribution in [0.2, 0.25) is 0 Å². The summed E-state index contributed by atoms with van der Waals surface area (Å²) in [6.07, 6.45) is 1.80. The van der Waals surface area contributed by atoms with Crippen LogP contribution >= 0.6 is 21.4 Å². The van der Waals surface area contributed by atoms with Gasteiger partial charge in [-0.3, -0.25) is 18.2 Å². The normalized spacial score (nSPS) is 12.1. The summed E-state index contributed by atoms with van der Waals surface area (Å²) in [6, 6.07) is 182. The highest BCUT2D eigenvalue weighted by Crippen LogP contribution is 2.50. The maximum Gasteiger partial charge on any atom is 0.172 e. The standard InChI is InChI=1S/C47H31N2OP.C45H29N2OP.C44H28N3OP/c50-51(37-15-3-1-4-16-37,38-17-5-2-6-18-38)39-26-22-32(23-27-39)34-13-11-14-35(30-34)36-25-28-41-45(31-36)49-44-21-10-9-20-43(44)48-47(49)42-29-24-33-12-7-8-19-40(33)46(41)42;48-49(35-12-3-1-4-13-35,36-14-5-2-6-15-36)37-24-21-30-19-20-32(27-34(30)28-37)33-23-25-39-40-26-22-31-11-7-8-16-38(31)44(40)45-46-41-17-9-10-18-42(41)47(45)43(39)29-33;48-49(33-11-3-1-4-12-33,34-13-5-2-6-14-34)35-26-32-20-19-30(27-41(32)45-28-35)29-21-23-36-31(25-29)22-24-38-37-15-7-8-16-39(37)44-46-40-17-9-10-18-42(40)47(44)43(36)38/h1-31H;1-29H;1-28H. The van der Waals surface area contributed by atoms with E-state index < -0.39 is 21.4 Å². The number of aromatic nitrogens is 7. The predicted octanol–water partition coefficient (Wildman–Crippen LogP) is 31.1. The van der Waals surface area contributed by atoms with Crippen molar-refractivity contribution in [1.29, 1.82) is 0 Å². The lowest BCUT2D eigenvalue weighted by atomic mass is 9.95. The van der Waals surface area contributed by atoms with Crippen LogP contribution in [0.1, 0.15) is 0 Å². The zero-order valence-corrected chi connectivity index (χ0v) is 83.2. The van der Waals surface area contributed by atoms with E-state index in [9.17, 15) is 9.13 Å². The van der Waals surface area contributed by atoms with Crippen molar-refractivity contribution in [3.05, 3.63) is 534 Å². The molecule has 13 heteroatoms. The molecule has 0 atom stereocenters. The Hall–Kier alpha value is -18.4. The molecule has 0 N–H and O–H groups in total. The van der Waals surface area contributed by atoms with Gasteiger partial charge in [0.1, 0.15) is 16.9 Å². The maximum absolute atomic E-state index is 15.1. The first-order chi connectivity index (χ1) is 73.5. The molecule has 0 unspecified atom stereocenters. The second kappa shape index (κ2) is 35.8. The van der Waals surface area contributed by atoms with Crippen molar-refractivity contribution in [2.75, 3.05) is 0 Å². The Balaban J connectivity index is 0.000000108. The number of nitrogens with zero attached hydrogens (tertiary/aromatic N) is 7. The van der Waals surface area contributed by atoms with E-state index in [1.54, 1.807) is 6.20 Å². The van der Waals surface area contributed by atoms with Gasteiger partial charge in [0.25, 0.3) is 0 Å². The van der Waals surface area contributed by atoms with Crippen molar-refractivity contribution < 1.29 is 13.7 Å². The van der Waals surface area contributed by atoms with Crippen molar-refractivity contribution in [1.82, 2.24) is 33.1 Å². The van der Waals surface area contributed by atoms with Crippen molar-refractivity contribution >= 4 is 238 Å². The third-order valence-electron chi connectivity index (χ3n) is 30.1. The van der Waals surface area contributed by atoms with Crippen LogP contribution in [0.25, 0.3) is 214 Å². The summed E-state index contributed by atoms with van der Waals surface area (Å²) in [6.45, 7) is 0. The second-order valence-electron chi connectivity index (χ2n) is 38.4. The van der Waals surface area contributed by atoms with Crippen LogP contribution in [0, 0.1) is 0 Å². The number of hydrogen-bond donors (Lipinski definition) is 0.